The second-order valence-electron chi connectivity index (χ2n) is 8.45. The number of nitrogens with one attached hydrogen (secondary N) is 2. The maximum absolute atomic E-state index is 13.6. The summed E-state index contributed by atoms with van der Waals surface area (Å²) in [6, 6.07) is 9.97. The number of pyridine rings is 3. The summed E-state index contributed by atoms with van der Waals surface area (Å²) in [5, 5.41) is 4.55. The average Bonchev–Trinajstić information content (AvgIpc) is 3.44. The Kier molecular flexibility index (Phi) is 4.69. The molecule has 0 unspecified atom stereocenters. The first-order valence-corrected chi connectivity index (χ1v) is 11.0. The third-order valence-electron chi connectivity index (χ3n) is 6.38. The smallest absolute Gasteiger partial charge is 0.141 e. The maximum atomic E-state index is 13.6. The van der Waals surface area contributed by atoms with Crippen LogP contribution in [0.4, 0.5) is 4.39 Å². The van der Waals surface area contributed by atoms with Crippen molar-refractivity contribution in [2.24, 2.45) is 0 Å². The van der Waals surface area contributed by atoms with Gasteiger partial charge >= 0.3 is 0 Å². The highest BCUT2D eigenvalue weighted by Gasteiger charge is 2.19. The maximum Gasteiger partial charge on any atom is 0.141 e. The van der Waals surface area contributed by atoms with E-state index in [0.717, 1.165) is 64.7 Å². The molecule has 1 aliphatic rings. The predicted molar refractivity (Wildman–Crippen MR) is 123 cm³/mol. The molecule has 160 valence electrons. The molecule has 6 rings (SSSR count). The van der Waals surface area contributed by atoms with Crippen LogP contribution in [0.2, 0.25) is 0 Å². The molecule has 0 radical (unpaired) electrons. The molecule has 5 aromatic heterocycles. The van der Waals surface area contributed by atoms with Gasteiger partial charge in [-0.25, -0.2) is 9.37 Å². The fraction of sp³-hybridized carbons (Fsp3) is 0.240. The number of halogens is 1. The number of nitrogens with zero attached hydrogens (tertiary/aromatic N) is 4. The number of piperidine rings is 1. The molecule has 0 atom stereocenters. The molecule has 0 aromatic carbocycles. The summed E-state index contributed by atoms with van der Waals surface area (Å²) in [4.78, 5) is 16.8. The summed E-state index contributed by atoms with van der Waals surface area (Å²) in [6.07, 6.45) is 10.9. The molecule has 0 saturated carbocycles. The molecule has 6 nitrogen and oxygen atoms in total. The molecular formula is C25H23FN6. The Bertz CT molecular complexity index is 1410. The van der Waals surface area contributed by atoms with E-state index in [1.165, 1.54) is 18.0 Å². The van der Waals surface area contributed by atoms with Crippen LogP contribution in [-0.4, -0.2) is 37.6 Å². The van der Waals surface area contributed by atoms with Crippen molar-refractivity contribution in [2.75, 3.05) is 13.1 Å². The predicted octanol–water partition coefficient (Wildman–Crippen LogP) is 4.63. The molecule has 5 aromatic rings. The van der Waals surface area contributed by atoms with Crippen LogP contribution >= 0.6 is 0 Å². The van der Waals surface area contributed by atoms with Crippen LogP contribution in [0.3, 0.4) is 0 Å². The summed E-state index contributed by atoms with van der Waals surface area (Å²) in [6.45, 7) is 2.65. The molecule has 0 aliphatic carbocycles. The molecule has 1 aliphatic heterocycles. The van der Waals surface area contributed by atoms with Crippen LogP contribution in [0, 0.1) is 5.82 Å². The first kappa shape index (κ1) is 19.1. The third-order valence-corrected chi connectivity index (χ3v) is 6.38. The highest BCUT2D eigenvalue weighted by molar-refractivity contribution is 5.95. The van der Waals surface area contributed by atoms with Crippen LogP contribution in [0.25, 0.3) is 33.2 Å². The van der Waals surface area contributed by atoms with Gasteiger partial charge in [-0.15, -0.1) is 0 Å². The number of rotatable bonds is 4. The van der Waals surface area contributed by atoms with Gasteiger partial charge in [0.2, 0.25) is 0 Å². The topological polar surface area (TPSA) is 71.4 Å². The van der Waals surface area contributed by atoms with Crippen LogP contribution in [0.15, 0.2) is 61.3 Å². The first-order valence-electron chi connectivity index (χ1n) is 11.0. The van der Waals surface area contributed by atoms with Gasteiger partial charge < -0.3 is 14.9 Å². The van der Waals surface area contributed by atoms with E-state index in [4.69, 9.17) is 4.98 Å². The standard InChI is InChI=1S/C25H23FN6/c26-19-9-16(12-28-14-19)15-32-8-4-22-24(32)10-18(13-30-22)20-3-7-29-25-21(20)11-23(31-25)17-1-5-27-6-2-17/h3-4,7-14,17,27H,1-2,5-6,15H2,(H,29,31). The van der Waals surface area contributed by atoms with Crippen molar-refractivity contribution in [1.82, 2.24) is 29.8 Å². The fourth-order valence-electron chi connectivity index (χ4n) is 4.74. The SMILES string of the molecule is Fc1cncc(Cn2ccc3ncc(-c4ccnc5[nH]c(C6CCNCC6)cc45)cc32)c1. The zero-order valence-corrected chi connectivity index (χ0v) is 17.6. The molecule has 2 N–H and O–H groups in total. The molecule has 0 amide bonds. The molecule has 1 fully saturated rings. The van der Waals surface area contributed by atoms with Crippen molar-refractivity contribution in [3.05, 3.63) is 78.4 Å². The van der Waals surface area contributed by atoms with Gasteiger partial charge in [0.05, 0.1) is 17.2 Å². The molecule has 7 heteroatoms. The lowest BCUT2D eigenvalue weighted by atomic mass is 9.94. The zero-order chi connectivity index (χ0) is 21.5. The number of hydrogen-bond acceptors (Lipinski definition) is 4. The van der Waals surface area contributed by atoms with Crippen molar-refractivity contribution < 1.29 is 4.39 Å². The average molecular weight is 426 g/mol. The summed E-state index contributed by atoms with van der Waals surface area (Å²) < 4.78 is 15.7. The highest BCUT2D eigenvalue weighted by atomic mass is 19.1. The van der Waals surface area contributed by atoms with E-state index < -0.39 is 0 Å². The van der Waals surface area contributed by atoms with Crippen molar-refractivity contribution >= 4 is 22.1 Å². The minimum atomic E-state index is -0.325. The van der Waals surface area contributed by atoms with Crippen molar-refractivity contribution in [2.45, 2.75) is 25.3 Å². The summed E-state index contributed by atoms with van der Waals surface area (Å²) in [5.41, 5.74) is 7.06. The molecule has 0 spiro atoms. The van der Waals surface area contributed by atoms with E-state index >= 15 is 0 Å². The van der Waals surface area contributed by atoms with E-state index in [2.05, 4.69) is 43.0 Å². The molecular weight excluding hydrogens is 403 g/mol. The van der Waals surface area contributed by atoms with E-state index in [1.54, 1.807) is 6.20 Å². The van der Waals surface area contributed by atoms with Crippen LogP contribution < -0.4 is 5.32 Å². The number of fused-ring (bicyclic) bond motifs is 2. The third kappa shape index (κ3) is 3.44. The van der Waals surface area contributed by atoms with Gasteiger partial charge in [-0.3, -0.25) is 9.97 Å². The molecule has 0 bridgehead atoms. The van der Waals surface area contributed by atoms with E-state index in [9.17, 15) is 4.39 Å². The summed E-state index contributed by atoms with van der Waals surface area (Å²) >= 11 is 0. The Labute approximate surface area is 184 Å². The van der Waals surface area contributed by atoms with Crippen LogP contribution in [0.1, 0.15) is 30.0 Å². The minimum absolute atomic E-state index is 0.325. The van der Waals surface area contributed by atoms with E-state index in [1.807, 2.05) is 24.7 Å². The second-order valence-corrected chi connectivity index (χ2v) is 8.45. The van der Waals surface area contributed by atoms with E-state index in [-0.39, 0.29) is 5.82 Å². The lowest BCUT2D eigenvalue weighted by Gasteiger charge is -2.21. The zero-order valence-electron chi connectivity index (χ0n) is 17.6. The van der Waals surface area contributed by atoms with Crippen molar-refractivity contribution in [3.63, 3.8) is 0 Å². The number of H-pyrrole nitrogens is 1. The highest BCUT2D eigenvalue weighted by Crippen LogP contribution is 2.33. The summed E-state index contributed by atoms with van der Waals surface area (Å²) in [7, 11) is 0. The Morgan fingerprint density at radius 1 is 1.03 bits per heavy atom. The Morgan fingerprint density at radius 2 is 1.94 bits per heavy atom. The van der Waals surface area contributed by atoms with Gasteiger partial charge in [0.15, 0.2) is 0 Å². The van der Waals surface area contributed by atoms with Crippen molar-refractivity contribution in [3.8, 4) is 11.1 Å². The molecule has 32 heavy (non-hydrogen) atoms. The summed E-state index contributed by atoms with van der Waals surface area (Å²) in [5.74, 6) is 0.213. The second kappa shape index (κ2) is 7.84. The van der Waals surface area contributed by atoms with E-state index in [0.29, 0.717) is 12.5 Å². The lowest BCUT2D eigenvalue weighted by molar-refractivity contribution is 0.455. The van der Waals surface area contributed by atoms with Gasteiger partial charge in [-0.2, -0.15) is 0 Å². The van der Waals surface area contributed by atoms with Gasteiger partial charge in [0, 0.05) is 53.9 Å². The Hall–Kier alpha value is -3.58. The fourth-order valence-corrected chi connectivity index (χ4v) is 4.74. The largest absolute Gasteiger partial charge is 0.343 e. The normalized spacial score (nSPS) is 15.0. The number of aromatic amines is 1. The van der Waals surface area contributed by atoms with Crippen molar-refractivity contribution in [1.29, 1.82) is 0 Å². The molecule has 1 saturated heterocycles. The minimum Gasteiger partial charge on any atom is -0.343 e. The lowest BCUT2D eigenvalue weighted by Crippen LogP contribution is -2.26. The van der Waals surface area contributed by atoms with Gasteiger partial charge in [0.1, 0.15) is 11.5 Å². The van der Waals surface area contributed by atoms with Gasteiger partial charge in [-0.05, 0) is 67.4 Å². The monoisotopic (exact) mass is 426 g/mol. The van der Waals surface area contributed by atoms with Gasteiger partial charge in [0.25, 0.3) is 0 Å². The number of aromatic nitrogens is 5. The quantitative estimate of drug-likeness (QED) is 0.440. The van der Waals surface area contributed by atoms with Crippen LogP contribution in [-0.2, 0) is 6.54 Å². The van der Waals surface area contributed by atoms with Gasteiger partial charge in [-0.1, -0.05) is 0 Å². The first-order chi connectivity index (χ1) is 15.7. The molecule has 6 heterocycles. The Balaban J connectivity index is 1.40. The number of hydrogen-bond donors (Lipinski definition) is 2. The van der Waals surface area contributed by atoms with Crippen LogP contribution in [0.5, 0.6) is 0 Å². The Morgan fingerprint density at radius 3 is 2.81 bits per heavy atom.